The van der Waals surface area contributed by atoms with Gasteiger partial charge in [0.25, 0.3) is 5.91 Å². The van der Waals surface area contributed by atoms with Crippen LogP contribution in [0.15, 0.2) is 65.1 Å². The summed E-state index contributed by atoms with van der Waals surface area (Å²) < 4.78 is 13.5. The average Bonchev–Trinajstić information content (AvgIpc) is 2.69. The van der Waals surface area contributed by atoms with Crippen LogP contribution in [0.2, 0.25) is 0 Å². The van der Waals surface area contributed by atoms with Crippen molar-refractivity contribution in [1.82, 2.24) is 10.3 Å². The van der Waals surface area contributed by atoms with E-state index in [1.807, 2.05) is 19.9 Å². The number of anilines is 1. The molecule has 0 fully saturated rings. The first-order valence-electron chi connectivity index (χ1n) is 9.67. The van der Waals surface area contributed by atoms with Gasteiger partial charge in [0, 0.05) is 41.1 Å². The fourth-order valence-corrected chi connectivity index (χ4v) is 4.00. The van der Waals surface area contributed by atoms with Gasteiger partial charge in [-0.1, -0.05) is 18.2 Å². The lowest BCUT2D eigenvalue weighted by Gasteiger charge is -2.34. The van der Waals surface area contributed by atoms with Crippen LogP contribution in [0.1, 0.15) is 43.2 Å². The molecule has 6 heteroatoms. The summed E-state index contributed by atoms with van der Waals surface area (Å²) in [5, 5.41) is 6.10. The quantitative estimate of drug-likeness (QED) is 0.825. The van der Waals surface area contributed by atoms with Gasteiger partial charge in [0.1, 0.15) is 11.6 Å². The fraction of sp³-hybridized carbons (Fsp3) is 0.261. The first-order chi connectivity index (χ1) is 13.9. The Hall–Kier alpha value is -3.28. The summed E-state index contributed by atoms with van der Waals surface area (Å²) in [4.78, 5) is 30.3. The number of aromatic nitrogens is 1. The van der Waals surface area contributed by atoms with E-state index in [1.165, 1.54) is 12.1 Å². The third kappa shape index (κ3) is 3.70. The zero-order chi connectivity index (χ0) is 20.5. The van der Waals surface area contributed by atoms with Gasteiger partial charge in [-0.25, -0.2) is 9.37 Å². The number of pyridine rings is 1. The average molecular weight is 391 g/mol. The zero-order valence-electron chi connectivity index (χ0n) is 16.4. The van der Waals surface area contributed by atoms with Gasteiger partial charge in [-0.05, 0) is 56.0 Å². The highest BCUT2D eigenvalue weighted by atomic mass is 19.1. The number of nitrogens with zero attached hydrogens (tertiary/aromatic N) is 1. The van der Waals surface area contributed by atoms with E-state index in [4.69, 9.17) is 0 Å². The minimum absolute atomic E-state index is 0.0272. The van der Waals surface area contributed by atoms with Gasteiger partial charge in [0.15, 0.2) is 5.78 Å². The highest BCUT2D eigenvalue weighted by molar-refractivity contribution is 6.09. The van der Waals surface area contributed by atoms with Gasteiger partial charge in [-0.15, -0.1) is 0 Å². The van der Waals surface area contributed by atoms with Crippen molar-refractivity contribution in [3.05, 3.63) is 82.1 Å². The molecule has 1 aromatic heterocycles. The van der Waals surface area contributed by atoms with Crippen LogP contribution in [0.4, 0.5) is 10.2 Å². The molecule has 0 saturated carbocycles. The molecule has 1 aliphatic carbocycles. The number of nitrogens with one attached hydrogen (secondary N) is 2. The molecule has 2 heterocycles. The fourth-order valence-electron chi connectivity index (χ4n) is 4.00. The Kier molecular flexibility index (Phi) is 5.01. The summed E-state index contributed by atoms with van der Waals surface area (Å²) >= 11 is 0. The van der Waals surface area contributed by atoms with Gasteiger partial charge >= 0.3 is 0 Å². The second-order valence-electron chi connectivity index (χ2n) is 7.49. The second-order valence-corrected chi connectivity index (χ2v) is 7.49. The molecule has 0 bridgehead atoms. The zero-order valence-corrected chi connectivity index (χ0v) is 16.4. The number of ketones is 1. The largest absolute Gasteiger partial charge is 0.362 e. The predicted molar refractivity (Wildman–Crippen MR) is 108 cm³/mol. The summed E-state index contributed by atoms with van der Waals surface area (Å²) in [5.74, 6) is -0.758. The number of rotatable bonds is 3. The third-order valence-corrected chi connectivity index (χ3v) is 5.38. The maximum absolute atomic E-state index is 13.5. The molecule has 29 heavy (non-hydrogen) atoms. The Bertz CT molecular complexity index is 1040. The van der Waals surface area contributed by atoms with Crippen molar-refractivity contribution < 1.29 is 14.0 Å². The van der Waals surface area contributed by atoms with Crippen LogP contribution in [0, 0.1) is 12.7 Å². The maximum atomic E-state index is 13.5. The first kappa shape index (κ1) is 19.1. The molecule has 1 atom stereocenters. The number of dihydropyridines is 1. The van der Waals surface area contributed by atoms with E-state index in [0.29, 0.717) is 29.1 Å². The van der Waals surface area contributed by atoms with Crippen LogP contribution in [0.25, 0.3) is 0 Å². The monoisotopic (exact) mass is 391 g/mol. The van der Waals surface area contributed by atoms with E-state index in [-0.39, 0.29) is 17.5 Å². The van der Waals surface area contributed by atoms with E-state index < -0.39 is 5.92 Å². The molecule has 0 radical (unpaired) electrons. The van der Waals surface area contributed by atoms with Crippen LogP contribution in [0.5, 0.6) is 0 Å². The lowest BCUT2D eigenvalue weighted by molar-refractivity contribution is -0.116. The molecule has 1 aliphatic heterocycles. The smallest absolute Gasteiger partial charge is 0.255 e. The van der Waals surface area contributed by atoms with Gasteiger partial charge in [0.2, 0.25) is 0 Å². The number of carbonyl (C=O) groups is 2. The van der Waals surface area contributed by atoms with Crippen molar-refractivity contribution >= 4 is 17.5 Å². The number of hydrogen-bond acceptors (Lipinski definition) is 4. The molecule has 2 aromatic rings. The molecule has 1 amide bonds. The normalized spacial score (nSPS) is 19.0. The van der Waals surface area contributed by atoms with Crippen LogP contribution in [-0.4, -0.2) is 16.7 Å². The van der Waals surface area contributed by atoms with Crippen molar-refractivity contribution in [3.8, 4) is 0 Å². The molecule has 5 nitrogen and oxygen atoms in total. The van der Waals surface area contributed by atoms with E-state index in [2.05, 4.69) is 15.6 Å². The van der Waals surface area contributed by atoms with Crippen molar-refractivity contribution in [2.45, 2.75) is 39.0 Å². The first-order valence-corrected chi connectivity index (χ1v) is 9.67. The number of carbonyl (C=O) groups excluding carboxylic acids is 2. The summed E-state index contributed by atoms with van der Waals surface area (Å²) in [6.07, 6.45) is 3.66. The molecule has 4 rings (SSSR count). The minimum atomic E-state index is -0.537. The van der Waals surface area contributed by atoms with Gasteiger partial charge in [0.05, 0.1) is 0 Å². The predicted octanol–water partition coefficient (Wildman–Crippen LogP) is 4.14. The summed E-state index contributed by atoms with van der Waals surface area (Å²) in [7, 11) is 0. The molecule has 1 unspecified atom stereocenters. The topological polar surface area (TPSA) is 71.1 Å². The number of amides is 1. The van der Waals surface area contributed by atoms with Crippen LogP contribution < -0.4 is 10.6 Å². The van der Waals surface area contributed by atoms with E-state index in [9.17, 15) is 14.0 Å². The van der Waals surface area contributed by atoms with E-state index in [1.54, 1.807) is 24.4 Å². The highest BCUT2D eigenvalue weighted by Gasteiger charge is 2.38. The Morgan fingerprint density at radius 3 is 2.59 bits per heavy atom. The standard InChI is InChI=1S/C23H22FN3O2/c1-13-6-11-19(25-12-13)27-23(29)20-14(2)26-17-4-3-5-18(28)22(17)21(20)15-7-9-16(24)10-8-15/h6-12,21,26H,3-5H2,1-2H3,(H,25,27,29). The highest BCUT2D eigenvalue weighted by Crippen LogP contribution is 2.42. The van der Waals surface area contributed by atoms with Gasteiger partial charge < -0.3 is 10.6 Å². The minimum Gasteiger partial charge on any atom is -0.362 e. The molecular formula is C23H22FN3O2. The van der Waals surface area contributed by atoms with Crippen molar-refractivity contribution in [1.29, 1.82) is 0 Å². The molecule has 0 spiro atoms. The summed E-state index contributed by atoms with van der Waals surface area (Å²) in [6.45, 7) is 3.75. The number of Topliss-reactive ketones (excluding diaryl/α,β-unsaturated/α-hetero) is 1. The number of aryl methyl sites for hydroxylation is 1. The number of hydrogen-bond donors (Lipinski definition) is 2. The van der Waals surface area contributed by atoms with Gasteiger partial charge in [-0.3, -0.25) is 9.59 Å². The SMILES string of the molecule is CC1=C(C(=O)Nc2ccc(C)cn2)C(c2ccc(F)cc2)C2=C(CCCC2=O)N1. The second kappa shape index (κ2) is 7.62. The molecule has 0 saturated heterocycles. The summed E-state index contributed by atoms with van der Waals surface area (Å²) in [5.41, 5.74) is 4.32. The molecular weight excluding hydrogens is 369 g/mol. The maximum Gasteiger partial charge on any atom is 0.255 e. The Balaban J connectivity index is 1.77. The number of benzene rings is 1. The lowest BCUT2D eigenvalue weighted by atomic mass is 9.75. The van der Waals surface area contributed by atoms with Crippen LogP contribution >= 0.6 is 0 Å². The van der Waals surface area contributed by atoms with E-state index in [0.717, 1.165) is 29.7 Å². The van der Waals surface area contributed by atoms with Crippen molar-refractivity contribution in [3.63, 3.8) is 0 Å². The Labute approximate surface area is 168 Å². The molecule has 148 valence electrons. The molecule has 2 aliphatic rings. The van der Waals surface area contributed by atoms with Gasteiger partial charge in [-0.2, -0.15) is 0 Å². The lowest BCUT2D eigenvalue weighted by Crippen LogP contribution is -2.35. The Morgan fingerprint density at radius 1 is 1.14 bits per heavy atom. The van der Waals surface area contributed by atoms with Crippen molar-refractivity contribution in [2.24, 2.45) is 0 Å². The third-order valence-electron chi connectivity index (χ3n) is 5.38. The number of allylic oxidation sites excluding steroid dienone is 3. The molecule has 1 aromatic carbocycles. The van der Waals surface area contributed by atoms with Crippen LogP contribution in [-0.2, 0) is 9.59 Å². The van der Waals surface area contributed by atoms with Crippen molar-refractivity contribution in [2.75, 3.05) is 5.32 Å². The van der Waals surface area contributed by atoms with E-state index >= 15 is 0 Å². The number of halogens is 1. The van der Waals surface area contributed by atoms with Crippen LogP contribution in [0.3, 0.4) is 0 Å². The molecule has 2 N–H and O–H groups in total. The Morgan fingerprint density at radius 2 is 1.90 bits per heavy atom. The summed E-state index contributed by atoms with van der Waals surface area (Å²) in [6, 6.07) is 9.61.